The molecule has 1 heterocycles. The first-order chi connectivity index (χ1) is 13.2. The van der Waals surface area contributed by atoms with Crippen LogP contribution in [0.5, 0.6) is 0 Å². The molecule has 2 aromatic rings. The van der Waals surface area contributed by atoms with Crippen molar-refractivity contribution in [3.05, 3.63) is 53.6 Å². The lowest BCUT2D eigenvalue weighted by molar-refractivity contribution is -0.137. The molecule has 9 heteroatoms. The van der Waals surface area contributed by atoms with Gasteiger partial charge in [-0.25, -0.2) is 13.1 Å². The molecule has 152 valence electrons. The van der Waals surface area contributed by atoms with Crippen LogP contribution >= 0.6 is 0 Å². The Balaban J connectivity index is 1.91. The molecule has 0 aliphatic carbocycles. The first-order valence-electron chi connectivity index (χ1n) is 8.89. The van der Waals surface area contributed by atoms with Crippen LogP contribution in [0.15, 0.2) is 47.4 Å². The molecule has 2 aromatic carbocycles. The number of sulfonamides is 1. The van der Waals surface area contributed by atoms with E-state index in [-0.39, 0.29) is 4.90 Å². The van der Waals surface area contributed by atoms with E-state index in [9.17, 15) is 21.6 Å². The smallest absolute Gasteiger partial charge is 0.368 e. The number of anilines is 2. The number of halogens is 3. The van der Waals surface area contributed by atoms with E-state index < -0.39 is 21.8 Å². The number of fused-ring (bicyclic) bond motifs is 1. The minimum atomic E-state index is -4.35. The number of nitrogens with one attached hydrogen (secondary N) is 1. The second-order valence-corrected chi connectivity index (χ2v) is 8.44. The fraction of sp³-hybridized carbons (Fsp3) is 0.368. The molecule has 28 heavy (non-hydrogen) atoms. The largest absolute Gasteiger partial charge is 0.416 e. The Morgan fingerprint density at radius 2 is 1.64 bits per heavy atom. The van der Waals surface area contributed by atoms with Crippen LogP contribution < -0.4 is 14.5 Å². The summed E-state index contributed by atoms with van der Waals surface area (Å²) in [5, 5.41) is 0. The van der Waals surface area contributed by atoms with E-state index in [4.69, 9.17) is 0 Å². The summed E-state index contributed by atoms with van der Waals surface area (Å²) in [5.41, 5.74) is 1.75. The summed E-state index contributed by atoms with van der Waals surface area (Å²) in [6.45, 7) is 4.56. The number of benzene rings is 2. The molecule has 0 saturated heterocycles. The van der Waals surface area contributed by atoms with Crippen molar-refractivity contribution in [2.24, 2.45) is 0 Å². The number of alkyl halides is 3. The van der Waals surface area contributed by atoms with E-state index in [2.05, 4.69) is 14.5 Å². The zero-order valence-corrected chi connectivity index (χ0v) is 16.4. The topological polar surface area (TPSA) is 52.7 Å². The number of likely N-dealkylation sites (N-methyl/N-ethyl adjacent to an activating group) is 1. The van der Waals surface area contributed by atoms with Gasteiger partial charge < -0.3 is 9.80 Å². The van der Waals surface area contributed by atoms with Crippen molar-refractivity contribution in [2.45, 2.75) is 24.5 Å². The maximum absolute atomic E-state index is 12.8. The third kappa shape index (κ3) is 4.10. The molecule has 0 fully saturated rings. The Labute approximate surface area is 162 Å². The molecule has 0 saturated carbocycles. The second kappa shape index (κ2) is 7.63. The average Bonchev–Trinajstić information content (AvgIpc) is 2.67. The van der Waals surface area contributed by atoms with Crippen LogP contribution in [0.3, 0.4) is 0 Å². The Hall–Kier alpha value is -2.26. The zero-order valence-electron chi connectivity index (χ0n) is 15.6. The number of hydrogen-bond donors (Lipinski definition) is 1. The van der Waals surface area contributed by atoms with Crippen molar-refractivity contribution in [2.75, 3.05) is 36.5 Å². The maximum Gasteiger partial charge on any atom is 0.416 e. The monoisotopic (exact) mass is 413 g/mol. The van der Waals surface area contributed by atoms with E-state index >= 15 is 0 Å². The van der Waals surface area contributed by atoms with Crippen LogP contribution in [0.25, 0.3) is 0 Å². The quantitative estimate of drug-likeness (QED) is 0.816. The molecule has 0 atom stereocenters. The van der Waals surface area contributed by atoms with E-state index in [1.807, 2.05) is 6.92 Å². The standard InChI is InChI=1S/C19H22F3N3O2S/c1-3-24-10-11-25(13-14-4-6-15(7-5-14)19(20,21)22)17-9-8-16(12-18(17)24)28(26,27)23-2/h4-9,12,23H,3,10-11,13H2,1-2H3. The Morgan fingerprint density at radius 3 is 2.21 bits per heavy atom. The van der Waals surface area contributed by atoms with Crippen LogP contribution in [0.4, 0.5) is 24.5 Å². The van der Waals surface area contributed by atoms with Crippen molar-refractivity contribution in [3.8, 4) is 0 Å². The van der Waals surface area contributed by atoms with Gasteiger partial charge in [0.15, 0.2) is 0 Å². The van der Waals surface area contributed by atoms with Gasteiger partial charge in [0.1, 0.15) is 0 Å². The van der Waals surface area contributed by atoms with Crippen molar-refractivity contribution in [1.82, 2.24) is 4.72 Å². The SMILES string of the molecule is CCN1CCN(Cc2ccc(C(F)(F)F)cc2)c2ccc(S(=O)(=O)NC)cc21. The van der Waals surface area contributed by atoms with E-state index in [1.54, 1.807) is 18.2 Å². The third-order valence-corrected chi connectivity index (χ3v) is 6.30. The van der Waals surface area contributed by atoms with Crippen LogP contribution in [-0.4, -0.2) is 35.1 Å². The summed E-state index contributed by atoms with van der Waals surface area (Å²) in [5.74, 6) is 0. The molecule has 1 aliphatic heterocycles. The molecular weight excluding hydrogens is 391 g/mol. The average molecular weight is 413 g/mol. The van der Waals surface area contributed by atoms with Gasteiger partial charge >= 0.3 is 6.18 Å². The molecule has 0 spiro atoms. The van der Waals surface area contributed by atoms with Gasteiger partial charge in [-0.2, -0.15) is 13.2 Å². The molecule has 0 radical (unpaired) electrons. The molecule has 0 unspecified atom stereocenters. The Kier molecular flexibility index (Phi) is 5.58. The van der Waals surface area contributed by atoms with Crippen LogP contribution in [0.1, 0.15) is 18.1 Å². The first kappa shape index (κ1) is 20.5. The predicted molar refractivity (Wildman–Crippen MR) is 103 cm³/mol. The molecule has 5 nitrogen and oxygen atoms in total. The molecule has 3 rings (SSSR count). The third-order valence-electron chi connectivity index (χ3n) is 4.88. The summed E-state index contributed by atoms with van der Waals surface area (Å²) in [4.78, 5) is 4.33. The fourth-order valence-electron chi connectivity index (χ4n) is 3.30. The van der Waals surface area contributed by atoms with E-state index in [0.29, 0.717) is 19.6 Å². The molecule has 0 amide bonds. The van der Waals surface area contributed by atoms with Gasteiger partial charge in [-0.15, -0.1) is 0 Å². The zero-order chi connectivity index (χ0) is 20.5. The normalized spacial score (nSPS) is 14.9. The second-order valence-electron chi connectivity index (χ2n) is 6.55. The van der Waals surface area contributed by atoms with Gasteiger partial charge in [-0.1, -0.05) is 12.1 Å². The van der Waals surface area contributed by atoms with Crippen LogP contribution in [0, 0.1) is 0 Å². The summed E-state index contributed by atoms with van der Waals surface area (Å²) in [6, 6.07) is 10.1. The fourth-order valence-corrected chi connectivity index (χ4v) is 4.05. The molecular formula is C19H22F3N3O2S. The highest BCUT2D eigenvalue weighted by molar-refractivity contribution is 7.89. The number of nitrogens with zero attached hydrogens (tertiary/aromatic N) is 2. The summed E-state index contributed by atoms with van der Waals surface area (Å²) < 4.78 is 64.8. The van der Waals surface area contributed by atoms with Crippen LogP contribution in [0.2, 0.25) is 0 Å². The van der Waals surface area contributed by atoms with Gasteiger partial charge in [0.05, 0.1) is 21.8 Å². The van der Waals surface area contributed by atoms with Crippen molar-refractivity contribution in [3.63, 3.8) is 0 Å². The predicted octanol–water partition coefficient (Wildman–Crippen LogP) is 3.46. The highest BCUT2D eigenvalue weighted by Crippen LogP contribution is 2.36. The summed E-state index contributed by atoms with van der Waals surface area (Å²) >= 11 is 0. The lowest BCUT2D eigenvalue weighted by Gasteiger charge is -2.38. The van der Waals surface area contributed by atoms with Crippen LogP contribution in [-0.2, 0) is 22.7 Å². The molecule has 0 bridgehead atoms. The highest BCUT2D eigenvalue weighted by atomic mass is 32.2. The minimum absolute atomic E-state index is 0.184. The molecule has 0 aromatic heterocycles. The van der Waals surface area contributed by atoms with Gasteiger partial charge in [-0.05, 0) is 49.9 Å². The maximum atomic E-state index is 12.8. The van der Waals surface area contributed by atoms with Gasteiger partial charge in [-0.3, -0.25) is 0 Å². The van der Waals surface area contributed by atoms with Crippen molar-refractivity contribution < 1.29 is 21.6 Å². The van der Waals surface area contributed by atoms with E-state index in [1.165, 1.54) is 19.2 Å². The summed E-state index contributed by atoms with van der Waals surface area (Å²) in [7, 11) is -2.20. The number of rotatable bonds is 5. The Morgan fingerprint density at radius 1 is 1.00 bits per heavy atom. The molecule has 1 aliphatic rings. The lowest BCUT2D eigenvalue weighted by atomic mass is 10.1. The first-order valence-corrected chi connectivity index (χ1v) is 10.4. The van der Waals surface area contributed by atoms with Crippen molar-refractivity contribution in [1.29, 1.82) is 0 Å². The number of hydrogen-bond acceptors (Lipinski definition) is 4. The summed E-state index contributed by atoms with van der Waals surface area (Å²) in [6.07, 6.45) is -4.35. The Bertz CT molecular complexity index is 944. The minimum Gasteiger partial charge on any atom is -0.368 e. The van der Waals surface area contributed by atoms with Gasteiger partial charge in [0.25, 0.3) is 0 Å². The molecule has 1 N–H and O–H groups in total. The van der Waals surface area contributed by atoms with E-state index in [0.717, 1.165) is 35.6 Å². The van der Waals surface area contributed by atoms with Gasteiger partial charge in [0, 0.05) is 26.2 Å². The van der Waals surface area contributed by atoms with Crippen molar-refractivity contribution >= 4 is 21.4 Å². The van der Waals surface area contributed by atoms with Gasteiger partial charge in [0.2, 0.25) is 10.0 Å². The lowest BCUT2D eigenvalue weighted by Crippen LogP contribution is -2.40. The highest BCUT2D eigenvalue weighted by Gasteiger charge is 2.30.